The number of hydrogen-bond donors (Lipinski definition) is 0. The molecule has 6 nitrogen and oxygen atoms in total. The third kappa shape index (κ3) is 7.50. The molecule has 0 atom stereocenters. The Kier molecular flexibility index (Phi) is 8.28. The van der Waals surface area contributed by atoms with Crippen LogP contribution in [-0.4, -0.2) is 51.4 Å². The maximum absolute atomic E-state index is 12.7. The van der Waals surface area contributed by atoms with Gasteiger partial charge in [0.1, 0.15) is 17.4 Å². The molecule has 0 N–H and O–H groups in total. The Labute approximate surface area is 175 Å². The molecular weight excluding hydrogens is 389 g/mol. The fourth-order valence-corrected chi connectivity index (χ4v) is 2.29. The van der Waals surface area contributed by atoms with E-state index in [1.54, 1.807) is 42.7 Å². The van der Waals surface area contributed by atoms with E-state index in [4.69, 9.17) is 0 Å². The lowest BCUT2D eigenvalue weighted by Crippen LogP contribution is -2.10. The number of pyridine rings is 2. The maximum atomic E-state index is 12.7. The normalized spacial score (nSPS) is 11.7. The lowest BCUT2D eigenvalue weighted by Gasteiger charge is -2.10. The van der Waals surface area contributed by atoms with Gasteiger partial charge in [0.25, 0.3) is 0 Å². The highest BCUT2D eigenvalue weighted by Gasteiger charge is 2.18. The largest absolute Gasteiger partial charge is 0.796 e. The van der Waals surface area contributed by atoms with Gasteiger partial charge in [-0.1, -0.05) is 0 Å². The number of ketones is 1. The molecule has 2 aromatic heterocycles. The Morgan fingerprint density at radius 1 is 0.900 bits per heavy atom. The van der Waals surface area contributed by atoms with E-state index in [-0.39, 0.29) is 5.76 Å². The summed E-state index contributed by atoms with van der Waals surface area (Å²) < 4.78 is 29.8. The molecule has 30 heavy (non-hydrogen) atoms. The number of aromatic nitrogens is 2. The van der Waals surface area contributed by atoms with Crippen molar-refractivity contribution in [2.45, 2.75) is 0 Å². The topological polar surface area (TPSA) is 58.6 Å². The first-order chi connectivity index (χ1) is 14.2. The Bertz CT molecular complexity index is 925. The van der Waals surface area contributed by atoms with Crippen LogP contribution in [0.25, 0.3) is 12.2 Å². The third-order valence-corrected chi connectivity index (χ3v) is 3.85. The number of nitrogens with zero attached hydrogens (tertiary/aromatic N) is 4. The van der Waals surface area contributed by atoms with Gasteiger partial charge in [-0.2, -0.15) is 0 Å². The van der Waals surface area contributed by atoms with E-state index in [1.165, 1.54) is 12.2 Å². The predicted molar refractivity (Wildman–Crippen MR) is 117 cm³/mol. The summed E-state index contributed by atoms with van der Waals surface area (Å²) in [5.41, 5.74) is 1.39. The summed E-state index contributed by atoms with van der Waals surface area (Å²) in [6, 6.07) is 7.19. The molecule has 2 rings (SSSR count). The number of hydrogen-bond acceptors (Lipinski definition) is 6. The van der Waals surface area contributed by atoms with Crippen LogP contribution in [0.3, 0.4) is 0 Å². The maximum Gasteiger partial charge on any atom is 0.796 e. The molecule has 0 aliphatic carbocycles. The molecule has 0 spiro atoms. The summed E-state index contributed by atoms with van der Waals surface area (Å²) >= 11 is 0. The van der Waals surface area contributed by atoms with E-state index >= 15 is 0 Å². The van der Waals surface area contributed by atoms with E-state index in [0.29, 0.717) is 11.1 Å². The molecule has 0 aliphatic heterocycles. The molecule has 2 aromatic rings. The second-order valence-electron chi connectivity index (χ2n) is 6.68. The molecule has 0 fully saturated rings. The second kappa shape index (κ2) is 10.9. The van der Waals surface area contributed by atoms with Crippen molar-refractivity contribution in [2.75, 3.05) is 38.0 Å². The van der Waals surface area contributed by atoms with Crippen molar-refractivity contribution in [1.29, 1.82) is 0 Å². The van der Waals surface area contributed by atoms with Crippen molar-refractivity contribution >= 4 is 37.0 Å². The Hall–Kier alpha value is -3.49. The fourth-order valence-electron chi connectivity index (χ4n) is 2.29. The van der Waals surface area contributed by atoms with E-state index in [1.807, 2.05) is 44.1 Å². The highest BCUT2D eigenvalue weighted by molar-refractivity contribution is 6.35. The van der Waals surface area contributed by atoms with Crippen LogP contribution < -0.4 is 9.80 Å². The van der Waals surface area contributed by atoms with Crippen LogP contribution >= 0.6 is 0 Å². The molecule has 0 unspecified atom stereocenters. The van der Waals surface area contributed by atoms with Crippen LogP contribution in [0, 0.1) is 0 Å². The molecule has 156 valence electrons. The summed E-state index contributed by atoms with van der Waals surface area (Å²) in [6.45, 7) is 0. The van der Waals surface area contributed by atoms with Gasteiger partial charge in [0, 0.05) is 46.7 Å². The van der Waals surface area contributed by atoms with Crippen molar-refractivity contribution < 1.29 is 18.1 Å². The molecule has 9 heteroatoms. The molecule has 0 amide bonds. The number of carbonyl (C=O) groups excluding carboxylic acids is 1. The first kappa shape index (κ1) is 22.8. The Morgan fingerprint density at radius 3 is 1.80 bits per heavy atom. The molecule has 0 aliphatic rings. The molecule has 0 radical (unpaired) electrons. The summed E-state index contributed by atoms with van der Waals surface area (Å²) in [4.78, 5) is 24.3. The van der Waals surface area contributed by atoms with Gasteiger partial charge in [0.15, 0.2) is 5.78 Å². The number of rotatable bonds is 9. The van der Waals surface area contributed by atoms with E-state index in [0.717, 1.165) is 17.7 Å². The Morgan fingerprint density at radius 2 is 1.40 bits per heavy atom. The quantitative estimate of drug-likeness (QED) is 0.271. The predicted octanol–water partition coefficient (Wildman–Crippen LogP) is 3.73. The molecule has 0 aromatic carbocycles. The summed E-state index contributed by atoms with van der Waals surface area (Å²) in [5.74, 6) is 0.801. The minimum atomic E-state index is -3.05. The van der Waals surface area contributed by atoms with Gasteiger partial charge < -0.3 is 14.5 Å². The highest BCUT2D eigenvalue weighted by atomic mass is 19.2. The summed E-state index contributed by atoms with van der Waals surface area (Å²) in [6.07, 6.45) is 9.88. The third-order valence-electron chi connectivity index (χ3n) is 3.85. The lowest BCUT2D eigenvalue weighted by atomic mass is 10.2. The number of allylic oxidation sites excluding steroid dienone is 3. The average molecular weight is 412 g/mol. The zero-order valence-corrected chi connectivity index (χ0v) is 17.3. The Balaban J connectivity index is 2.11. The average Bonchev–Trinajstić information content (AvgIpc) is 2.70. The van der Waals surface area contributed by atoms with Crippen LogP contribution in [0.15, 0.2) is 60.6 Å². The van der Waals surface area contributed by atoms with Crippen molar-refractivity contribution in [3.05, 3.63) is 71.8 Å². The molecule has 0 saturated carbocycles. The van der Waals surface area contributed by atoms with Crippen LogP contribution in [0.2, 0.25) is 0 Å². The fraction of sp³-hybridized carbons (Fsp3) is 0.190. The van der Waals surface area contributed by atoms with Crippen LogP contribution in [0.5, 0.6) is 0 Å². The molecule has 2 heterocycles. The second-order valence-corrected chi connectivity index (χ2v) is 6.68. The van der Waals surface area contributed by atoms with Crippen molar-refractivity contribution in [1.82, 2.24) is 9.97 Å². The van der Waals surface area contributed by atoms with Crippen molar-refractivity contribution in [3.63, 3.8) is 0 Å². The zero-order valence-electron chi connectivity index (χ0n) is 17.3. The first-order valence-corrected chi connectivity index (χ1v) is 9.08. The van der Waals surface area contributed by atoms with E-state index in [9.17, 15) is 13.4 Å². The van der Waals surface area contributed by atoms with Crippen LogP contribution in [-0.2, 0) is 9.45 Å². The first-order valence-electron chi connectivity index (χ1n) is 9.08. The monoisotopic (exact) mass is 412 g/mol. The van der Waals surface area contributed by atoms with Gasteiger partial charge in [-0.3, -0.25) is 4.79 Å². The number of carbonyl (C=O) groups is 1. The SMILES string of the molecule is CN(C)c1ccc(/C=C/C(=O)/C=C(/C=C/c2ccc(N(C)C)nc2)OB(F)F)cn1. The number of halogens is 2. The van der Waals surface area contributed by atoms with E-state index < -0.39 is 13.3 Å². The van der Waals surface area contributed by atoms with Gasteiger partial charge in [0.2, 0.25) is 0 Å². The molecule has 0 bridgehead atoms. The smallest absolute Gasteiger partial charge is 0.505 e. The summed E-state index contributed by atoms with van der Waals surface area (Å²) in [5, 5.41) is 0. The minimum absolute atomic E-state index is 0.252. The molecular formula is C21H23BF2N4O2. The van der Waals surface area contributed by atoms with E-state index in [2.05, 4.69) is 14.6 Å². The number of anilines is 2. The van der Waals surface area contributed by atoms with Crippen LogP contribution in [0.1, 0.15) is 11.1 Å². The van der Waals surface area contributed by atoms with Gasteiger partial charge in [0.05, 0.1) is 0 Å². The van der Waals surface area contributed by atoms with Gasteiger partial charge in [-0.05, 0) is 59.7 Å². The van der Waals surface area contributed by atoms with Gasteiger partial charge in [-0.15, -0.1) is 0 Å². The molecule has 0 saturated heterocycles. The summed E-state index contributed by atoms with van der Waals surface area (Å²) in [7, 11) is 4.42. The van der Waals surface area contributed by atoms with Crippen LogP contribution in [0.4, 0.5) is 20.3 Å². The minimum Gasteiger partial charge on any atom is -0.505 e. The van der Waals surface area contributed by atoms with Crippen molar-refractivity contribution in [3.8, 4) is 0 Å². The zero-order chi connectivity index (χ0) is 22.1. The highest BCUT2D eigenvalue weighted by Crippen LogP contribution is 2.13. The van der Waals surface area contributed by atoms with Gasteiger partial charge in [-0.25, -0.2) is 18.6 Å². The lowest BCUT2D eigenvalue weighted by molar-refractivity contribution is -0.110. The van der Waals surface area contributed by atoms with Gasteiger partial charge >= 0.3 is 7.47 Å². The van der Waals surface area contributed by atoms with Crippen molar-refractivity contribution in [2.24, 2.45) is 0 Å². The standard InChI is InChI=1S/C21H23BF2N4O2/c1-27(2)20-11-7-16(14-25-20)5-9-18(29)13-19(30-22(23)24)10-6-17-8-12-21(26-15-17)28(3)4/h5-15H,1-4H3/b9-5+,10-6+,19-13-.